The van der Waals surface area contributed by atoms with E-state index in [-0.39, 0.29) is 3.95 Å². The average Bonchev–Trinajstić information content (AvgIpc) is 2.84. The Hall–Kier alpha value is 0.294. The monoisotopic (exact) mass is 698 g/mol. The summed E-state index contributed by atoms with van der Waals surface area (Å²) in [5, 5.41) is 0.873. The predicted molar refractivity (Wildman–Crippen MR) is 169 cm³/mol. The molecule has 2 atom stereocenters. The molecule has 2 unspecified atom stereocenters. The van der Waals surface area contributed by atoms with E-state index in [2.05, 4.69) is 94.8 Å². The summed E-state index contributed by atoms with van der Waals surface area (Å²) in [5.41, 5.74) is 4.69. The molecule has 0 N–H and O–H groups in total. The van der Waals surface area contributed by atoms with Crippen LogP contribution in [0.1, 0.15) is 56.9 Å². The Morgan fingerprint density at radius 2 is 1.17 bits per heavy atom. The van der Waals surface area contributed by atoms with Crippen LogP contribution in [-0.4, -0.2) is 36.7 Å². The summed E-state index contributed by atoms with van der Waals surface area (Å²) in [4.78, 5) is 0. The Labute approximate surface area is 248 Å². The van der Waals surface area contributed by atoms with Crippen molar-refractivity contribution >= 4 is 71.9 Å². The zero-order chi connectivity index (χ0) is 27.6. The van der Waals surface area contributed by atoms with E-state index >= 15 is 0 Å². The van der Waals surface area contributed by atoms with Gasteiger partial charge in [-0.3, -0.25) is 0 Å². The third-order valence-corrected chi connectivity index (χ3v) is 19.0. The molecule has 0 heterocycles. The molecule has 2 aromatic rings. The van der Waals surface area contributed by atoms with Crippen molar-refractivity contribution in [2.24, 2.45) is 0 Å². The number of halogens is 4. The summed E-state index contributed by atoms with van der Waals surface area (Å²) < 4.78 is 17.2. The minimum atomic E-state index is -2.34. The van der Waals surface area contributed by atoms with Gasteiger partial charge in [0.05, 0.1) is 8.44 Å². The highest BCUT2D eigenvalue weighted by Gasteiger charge is 2.50. The molecule has 2 aromatic carbocycles. The maximum absolute atomic E-state index is 6.73. The molecule has 0 aliphatic carbocycles. The molecule has 0 fully saturated rings. The molecular formula is C27H42Br2Cl2O3Si2. The first-order valence-electron chi connectivity index (χ1n) is 12.4. The van der Waals surface area contributed by atoms with Crippen molar-refractivity contribution in [3.63, 3.8) is 0 Å². The molecule has 3 nitrogen and oxygen atoms in total. The van der Waals surface area contributed by atoms with E-state index in [1.165, 1.54) is 11.1 Å². The van der Waals surface area contributed by atoms with Gasteiger partial charge >= 0.3 is 8.56 Å². The van der Waals surface area contributed by atoms with E-state index in [1.807, 2.05) is 39.8 Å². The Morgan fingerprint density at radius 3 is 1.56 bits per heavy atom. The first kappa shape index (κ1) is 34.3. The van der Waals surface area contributed by atoms with Gasteiger partial charge in [-0.1, -0.05) is 80.4 Å². The molecule has 0 bridgehead atoms. The first-order chi connectivity index (χ1) is 16.8. The topological polar surface area (TPSA) is 27.7 Å². The van der Waals surface area contributed by atoms with Crippen LogP contribution in [0, 0.1) is 0 Å². The minimum Gasteiger partial charge on any atom is -0.416 e. The summed E-state index contributed by atoms with van der Waals surface area (Å²) in [6.07, 6.45) is 0. The molecule has 0 amide bonds. The van der Waals surface area contributed by atoms with E-state index in [1.54, 1.807) is 0 Å². The van der Waals surface area contributed by atoms with E-state index in [9.17, 15) is 0 Å². The zero-order valence-electron chi connectivity index (χ0n) is 22.9. The fourth-order valence-electron chi connectivity index (χ4n) is 3.78. The first-order valence-corrected chi connectivity index (χ1v) is 20.4. The van der Waals surface area contributed by atoms with E-state index in [0.717, 1.165) is 16.5 Å². The second-order valence-corrected chi connectivity index (χ2v) is 21.4. The standard InChI is InChI=1S/C14H22Br2O2Si.C13H20Cl2OSi/c1-5-17-19(4,18-6-2)14(3,16)13-9-7-12(11-15)8-10-13;1-5-16-17(3,4)13(2,15)12-8-6-11(10-14)7-9-12/h7-10H,5-6,11H2,1-4H3;6-9H,5,10H2,1-4H3. The quantitative estimate of drug-likeness (QED) is 0.163. The highest BCUT2D eigenvalue weighted by atomic mass is 79.9. The van der Waals surface area contributed by atoms with Gasteiger partial charge in [-0.15, -0.1) is 23.2 Å². The van der Waals surface area contributed by atoms with Gasteiger partial charge in [-0.2, -0.15) is 0 Å². The normalized spacial score (nSPS) is 15.4. The van der Waals surface area contributed by atoms with Gasteiger partial charge in [-0.05, 0) is 76.5 Å². The third-order valence-electron chi connectivity index (χ3n) is 6.63. The van der Waals surface area contributed by atoms with Gasteiger partial charge in [-0.25, -0.2) is 0 Å². The van der Waals surface area contributed by atoms with Crippen molar-refractivity contribution in [1.82, 2.24) is 0 Å². The lowest BCUT2D eigenvalue weighted by atomic mass is 10.1. The summed E-state index contributed by atoms with van der Waals surface area (Å²) in [6.45, 7) is 18.7. The Balaban J connectivity index is 0.000000362. The van der Waals surface area contributed by atoms with Crippen molar-refractivity contribution in [2.75, 3.05) is 19.8 Å². The Kier molecular flexibility index (Phi) is 14.5. The average molecular weight is 702 g/mol. The van der Waals surface area contributed by atoms with E-state index in [0.29, 0.717) is 25.7 Å². The van der Waals surface area contributed by atoms with Crippen molar-refractivity contribution < 1.29 is 13.3 Å². The van der Waals surface area contributed by atoms with Crippen LogP contribution in [0.25, 0.3) is 0 Å². The van der Waals surface area contributed by atoms with Crippen LogP contribution in [0.2, 0.25) is 19.6 Å². The fraction of sp³-hybridized carbons (Fsp3) is 0.556. The van der Waals surface area contributed by atoms with E-state index < -0.39 is 21.4 Å². The highest BCUT2D eigenvalue weighted by molar-refractivity contribution is 9.10. The van der Waals surface area contributed by atoms with Crippen LogP contribution in [0.3, 0.4) is 0 Å². The minimum absolute atomic E-state index is 0.267. The maximum atomic E-state index is 6.73. The number of hydrogen-bond acceptors (Lipinski definition) is 3. The largest absolute Gasteiger partial charge is 0.416 e. The van der Waals surface area contributed by atoms with Crippen LogP contribution in [0.15, 0.2) is 48.5 Å². The second kappa shape index (κ2) is 15.2. The maximum Gasteiger partial charge on any atom is 0.356 e. The van der Waals surface area contributed by atoms with Crippen molar-refractivity contribution in [2.45, 2.75) is 73.9 Å². The number of hydrogen-bond donors (Lipinski definition) is 0. The molecule has 0 aliphatic heterocycles. The van der Waals surface area contributed by atoms with Crippen LogP contribution < -0.4 is 0 Å². The van der Waals surface area contributed by atoms with E-state index in [4.69, 9.17) is 36.5 Å². The predicted octanol–water partition coefficient (Wildman–Crippen LogP) is 9.54. The lowest BCUT2D eigenvalue weighted by Crippen LogP contribution is -2.54. The van der Waals surface area contributed by atoms with Gasteiger partial charge in [0.1, 0.15) is 0 Å². The molecule has 0 aliphatic rings. The van der Waals surface area contributed by atoms with Crippen molar-refractivity contribution in [1.29, 1.82) is 0 Å². The molecule has 36 heavy (non-hydrogen) atoms. The molecule has 9 heteroatoms. The molecule has 0 radical (unpaired) electrons. The highest BCUT2D eigenvalue weighted by Crippen LogP contribution is 2.41. The molecule has 0 spiro atoms. The summed E-state index contributed by atoms with van der Waals surface area (Å²) in [6, 6.07) is 16.7. The van der Waals surface area contributed by atoms with Crippen molar-refractivity contribution in [3.05, 3.63) is 70.8 Å². The van der Waals surface area contributed by atoms with Gasteiger partial charge in [0.2, 0.25) is 8.32 Å². The fourth-order valence-corrected chi connectivity index (χ4v) is 9.85. The molecule has 2 rings (SSSR count). The number of benzene rings is 2. The molecule has 0 saturated heterocycles. The Bertz CT molecular complexity index is 902. The van der Waals surface area contributed by atoms with Crippen molar-refractivity contribution in [3.8, 4) is 0 Å². The summed E-state index contributed by atoms with van der Waals surface area (Å²) in [7, 11) is -4.31. The molecule has 0 saturated carbocycles. The zero-order valence-corrected chi connectivity index (χ0v) is 29.6. The van der Waals surface area contributed by atoms with Gasteiger partial charge in [0.25, 0.3) is 0 Å². The SMILES string of the molecule is CCO[Si](C)(C)C(C)(Cl)c1ccc(CCl)cc1.CCO[Si](C)(OCC)C(C)(Br)c1ccc(CBr)cc1. The summed E-state index contributed by atoms with van der Waals surface area (Å²) in [5.74, 6) is 0.533. The van der Waals surface area contributed by atoms with Gasteiger partial charge in [0.15, 0.2) is 0 Å². The Morgan fingerprint density at radius 1 is 0.750 bits per heavy atom. The lowest BCUT2D eigenvalue weighted by Gasteiger charge is -2.39. The third kappa shape index (κ3) is 8.65. The van der Waals surface area contributed by atoms with Gasteiger partial charge in [0, 0.05) is 31.0 Å². The summed E-state index contributed by atoms with van der Waals surface area (Å²) >= 11 is 19.8. The number of rotatable bonds is 12. The molecular weight excluding hydrogens is 659 g/mol. The van der Waals surface area contributed by atoms with Gasteiger partial charge < -0.3 is 13.3 Å². The van der Waals surface area contributed by atoms with Crippen LogP contribution in [0.4, 0.5) is 0 Å². The van der Waals surface area contributed by atoms with Crippen LogP contribution >= 0.6 is 55.1 Å². The smallest absolute Gasteiger partial charge is 0.356 e. The lowest BCUT2D eigenvalue weighted by molar-refractivity contribution is 0.178. The second-order valence-electron chi connectivity index (χ2n) is 9.42. The van der Waals surface area contributed by atoms with Crippen LogP contribution in [-0.2, 0) is 32.9 Å². The number of alkyl halides is 4. The molecule has 204 valence electrons. The molecule has 0 aromatic heterocycles. The van der Waals surface area contributed by atoms with Crippen LogP contribution in [0.5, 0.6) is 0 Å².